The van der Waals surface area contributed by atoms with Crippen LogP contribution >= 0.6 is 11.8 Å². The molecule has 2 aromatic rings. The van der Waals surface area contributed by atoms with Crippen LogP contribution in [0.4, 0.5) is 0 Å². The number of thioether (sulfide) groups is 1. The molecule has 0 N–H and O–H groups in total. The summed E-state index contributed by atoms with van der Waals surface area (Å²) in [6, 6.07) is 12.6. The topological polar surface area (TPSA) is 30.2 Å². The molecule has 1 heterocycles. The highest BCUT2D eigenvalue weighted by atomic mass is 32.2. The zero-order valence-electron chi connectivity index (χ0n) is 8.27. The third-order valence-corrected chi connectivity index (χ3v) is 2.61. The van der Waals surface area contributed by atoms with Gasteiger partial charge in [0.2, 0.25) is 0 Å². The first-order valence-corrected chi connectivity index (χ1v) is 5.76. The van der Waals surface area contributed by atoms with Crippen molar-refractivity contribution in [1.82, 2.24) is 0 Å². The van der Waals surface area contributed by atoms with Crippen LogP contribution in [-0.2, 0) is 0 Å². The van der Waals surface area contributed by atoms with Crippen LogP contribution in [0.3, 0.4) is 0 Å². The van der Waals surface area contributed by atoms with Crippen molar-refractivity contribution in [1.29, 1.82) is 0 Å². The lowest BCUT2D eigenvalue weighted by Gasteiger charge is -2.01. The number of benzene rings is 1. The van der Waals surface area contributed by atoms with Gasteiger partial charge in [0.1, 0.15) is 5.76 Å². The van der Waals surface area contributed by atoms with E-state index in [-0.39, 0.29) is 5.43 Å². The third kappa shape index (κ3) is 2.30. The van der Waals surface area contributed by atoms with Crippen molar-refractivity contribution < 1.29 is 4.42 Å². The van der Waals surface area contributed by atoms with E-state index in [1.54, 1.807) is 0 Å². The van der Waals surface area contributed by atoms with Gasteiger partial charge in [-0.05, 0) is 6.26 Å². The van der Waals surface area contributed by atoms with Gasteiger partial charge in [-0.1, -0.05) is 42.1 Å². The van der Waals surface area contributed by atoms with Gasteiger partial charge in [-0.3, -0.25) is 4.79 Å². The Morgan fingerprint density at radius 1 is 1.13 bits per heavy atom. The molecule has 0 spiro atoms. The molecule has 76 valence electrons. The van der Waals surface area contributed by atoms with E-state index in [1.165, 1.54) is 23.9 Å². The summed E-state index contributed by atoms with van der Waals surface area (Å²) in [7, 11) is 0. The molecule has 0 radical (unpaired) electrons. The fraction of sp³-hybridized carbons (Fsp3) is 0.0833. The monoisotopic (exact) mass is 218 g/mol. The first-order chi connectivity index (χ1) is 7.29. The molecule has 2 rings (SSSR count). The van der Waals surface area contributed by atoms with Gasteiger partial charge in [0.05, 0.1) is 0 Å². The number of hydrogen-bond acceptors (Lipinski definition) is 3. The molecule has 1 aromatic heterocycles. The van der Waals surface area contributed by atoms with Crippen LogP contribution in [0.2, 0.25) is 0 Å². The van der Waals surface area contributed by atoms with E-state index < -0.39 is 0 Å². The van der Waals surface area contributed by atoms with E-state index in [0.717, 1.165) is 5.56 Å². The summed E-state index contributed by atoms with van der Waals surface area (Å²) >= 11 is 1.43. The maximum atomic E-state index is 11.4. The Balaban J connectivity index is 2.54. The highest BCUT2D eigenvalue weighted by molar-refractivity contribution is 7.98. The normalized spacial score (nSPS) is 10.2. The lowest BCUT2D eigenvalue weighted by Crippen LogP contribution is -1.97. The Bertz CT molecular complexity index is 503. The van der Waals surface area contributed by atoms with Crippen molar-refractivity contribution in [3.63, 3.8) is 0 Å². The third-order valence-electron chi connectivity index (χ3n) is 2.00. The molecule has 0 unspecified atom stereocenters. The number of hydrogen-bond donors (Lipinski definition) is 0. The van der Waals surface area contributed by atoms with Crippen molar-refractivity contribution in [2.75, 3.05) is 6.26 Å². The summed E-state index contributed by atoms with van der Waals surface area (Å²) in [5.74, 6) is 0.618. The van der Waals surface area contributed by atoms with Gasteiger partial charge in [-0.2, -0.15) is 0 Å². The Morgan fingerprint density at radius 2 is 1.87 bits per heavy atom. The molecule has 0 aliphatic carbocycles. The van der Waals surface area contributed by atoms with E-state index in [0.29, 0.717) is 10.9 Å². The molecule has 0 saturated heterocycles. The van der Waals surface area contributed by atoms with Crippen molar-refractivity contribution in [3.05, 3.63) is 52.7 Å². The second kappa shape index (κ2) is 4.36. The molecule has 0 amide bonds. The fourth-order valence-electron chi connectivity index (χ4n) is 1.30. The first-order valence-electron chi connectivity index (χ1n) is 4.54. The molecule has 1 aromatic carbocycles. The largest absolute Gasteiger partial charge is 0.450 e. The summed E-state index contributed by atoms with van der Waals surface area (Å²) in [4.78, 5) is 11.4. The van der Waals surface area contributed by atoms with Crippen LogP contribution in [0, 0.1) is 0 Å². The van der Waals surface area contributed by atoms with Gasteiger partial charge in [-0.25, -0.2) is 0 Å². The zero-order chi connectivity index (χ0) is 10.7. The summed E-state index contributed by atoms with van der Waals surface area (Å²) < 4.78 is 5.56. The van der Waals surface area contributed by atoms with Crippen molar-refractivity contribution in [2.24, 2.45) is 0 Å². The summed E-state index contributed by atoms with van der Waals surface area (Å²) in [5, 5.41) is 0.640. The Kier molecular flexibility index (Phi) is 2.92. The van der Waals surface area contributed by atoms with Gasteiger partial charge >= 0.3 is 0 Å². The molecule has 0 aliphatic heterocycles. The molecule has 0 atom stereocenters. The summed E-state index contributed by atoms with van der Waals surface area (Å²) in [5.41, 5.74) is 0.898. The molecular formula is C12H10O2S. The SMILES string of the molecule is CSc1cc(=O)cc(-c2ccccc2)o1. The standard InChI is InChI=1S/C12H10O2S/c1-15-12-8-10(13)7-11(14-12)9-5-3-2-4-6-9/h2-8H,1H3. The Morgan fingerprint density at radius 3 is 2.53 bits per heavy atom. The molecular weight excluding hydrogens is 208 g/mol. The van der Waals surface area contributed by atoms with Gasteiger partial charge in [0.15, 0.2) is 10.5 Å². The van der Waals surface area contributed by atoms with Gasteiger partial charge < -0.3 is 4.42 Å². The minimum absolute atomic E-state index is 0.0237. The highest BCUT2D eigenvalue weighted by Crippen LogP contribution is 2.22. The lowest BCUT2D eigenvalue weighted by atomic mass is 10.2. The van der Waals surface area contributed by atoms with Crippen LogP contribution in [0.15, 0.2) is 56.8 Å². The van der Waals surface area contributed by atoms with Crippen LogP contribution < -0.4 is 5.43 Å². The minimum Gasteiger partial charge on any atom is -0.450 e. The van der Waals surface area contributed by atoms with E-state index in [2.05, 4.69) is 0 Å². The van der Waals surface area contributed by atoms with Crippen molar-refractivity contribution >= 4 is 11.8 Å². The van der Waals surface area contributed by atoms with Gasteiger partial charge in [0.25, 0.3) is 0 Å². The predicted octanol–water partition coefficient (Wildman–Crippen LogP) is 3.03. The number of rotatable bonds is 2. The summed E-state index contributed by atoms with van der Waals surface area (Å²) in [6.07, 6.45) is 1.88. The van der Waals surface area contributed by atoms with Gasteiger partial charge in [0, 0.05) is 17.7 Å². The van der Waals surface area contributed by atoms with Gasteiger partial charge in [-0.15, -0.1) is 0 Å². The van der Waals surface area contributed by atoms with Crippen LogP contribution in [0.25, 0.3) is 11.3 Å². The maximum absolute atomic E-state index is 11.4. The van der Waals surface area contributed by atoms with E-state index in [1.807, 2.05) is 36.6 Å². The average molecular weight is 218 g/mol. The molecule has 0 saturated carbocycles. The highest BCUT2D eigenvalue weighted by Gasteiger charge is 2.03. The molecule has 2 nitrogen and oxygen atoms in total. The lowest BCUT2D eigenvalue weighted by molar-refractivity contribution is 0.468. The molecule has 0 bridgehead atoms. The Hall–Kier alpha value is -1.48. The van der Waals surface area contributed by atoms with Crippen LogP contribution in [0.5, 0.6) is 0 Å². The maximum Gasteiger partial charge on any atom is 0.186 e. The first kappa shape index (κ1) is 10.1. The molecule has 0 aliphatic rings. The summed E-state index contributed by atoms with van der Waals surface area (Å²) in [6.45, 7) is 0. The van der Waals surface area contributed by atoms with E-state index in [9.17, 15) is 4.79 Å². The van der Waals surface area contributed by atoms with Crippen molar-refractivity contribution in [2.45, 2.75) is 5.09 Å². The Labute approximate surface area is 91.9 Å². The smallest absolute Gasteiger partial charge is 0.186 e. The predicted molar refractivity (Wildman–Crippen MR) is 62.2 cm³/mol. The van der Waals surface area contributed by atoms with Crippen LogP contribution in [0.1, 0.15) is 0 Å². The fourth-order valence-corrected chi connectivity index (χ4v) is 1.71. The second-order valence-corrected chi connectivity index (χ2v) is 3.86. The zero-order valence-corrected chi connectivity index (χ0v) is 9.08. The van der Waals surface area contributed by atoms with E-state index in [4.69, 9.17) is 4.42 Å². The average Bonchev–Trinajstić information content (AvgIpc) is 2.29. The quantitative estimate of drug-likeness (QED) is 0.726. The second-order valence-electron chi connectivity index (χ2n) is 3.05. The van der Waals surface area contributed by atoms with Crippen molar-refractivity contribution in [3.8, 4) is 11.3 Å². The molecule has 15 heavy (non-hydrogen) atoms. The molecule has 3 heteroatoms. The van der Waals surface area contributed by atoms with E-state index >= 15 is 0 Å². The van der Waals surface area contributed by atoms with Crippen LogP contribution in [-0.4, -0.2) is 6.26 Å². The molecule has 0 fully saturated rings. The minimum atomic E-state index is -0.0237.